The van der Waals surface area contributed by atoms with E-state index >= 15 is 0 Å². The second-order valence-electron chi connectivity index (χ2n) is 12.5. The number of methoxy groups -OCH3 is 1. The summed E-state index contributed by atoms with van der Waals surface area (Å²) >= 11 is 0. The van der Waals surface area contributed by atoms with E-state index in [9.17, 15) is 19.5 Å². The van der Waals surface area contributed by atoms with E-state index in [1.165, 1.54) is 6.08 Å². The van der Waals surface area contributed by atoms with Crippen molar-refractivity contribution < 1.29 is 43.2 Å². The van der Waals surface area contributed by atoms with Gasteiger partial charge >= 0.3 is 11.9 Å². The van der Waals surface area contributed by atoms with Crippen LogP contribution in [0, 0.1) is 28.1 Å². The van der Waals surface area contributed by atoms with Gasteiger partial charge in [-0.15, -0.1) is 0 Å². The molecule has 1 spiro atoms. The van der Waals surface area contributed by atoms with Crippen LogP contribution in [0.4, 0.5) is 0 Å². The van der Waals surface area contributed by atoms with Crippen LogP contribution in [-0.4, -0.2) is 65.4 Å². The van der Waals surface area contributed by atoms with Gasteiger partial charge in [0, 0.05) is 30.3 Å². The highest BCUT2D eigenvalue weighted by Crippen LogP contribution is 2.79. The van der Waals surface area contributed by atoms with Gasteiger partial charge in [-0.3, -0.25) is 4.79 Å². The molecule has 6 aliphatic rings. The molecule has 6 rings (SSSR count). The van der Waals surface area contributed by atoms with Crippen molar-refractivity contribution in [2.24, 2.45) is 28.1 Å². The quantitative estimate of drug-likeness (QED) is 0.458. The number of carbonyl (C=O) groups is 3. The molecular weight excluding hydrogens is 456 g/mol. The molecule has 2 aliphatic carbocycles. The van der Waals surface area contributed by atoms with Crippen molar-refractivity contribution in [3.63, 3.8) is 0 Å². The topological polar surface area (TPSA) is 121 Å². The molecule has 0 aromatic heterocycles. The van der Waals surface area contributed by atoms with Crippen molar-refractivity contribution in [1.82, 2.24) is 0 Å². The fourth-order valence-electron chi connectivity index (χ4n) is 9.33. The number of epoxide rings is 1. The Morgan fingerprint density at radius 2 is 1.69 bits per heavy atom. The Balaban J connectivity index is 1.53. The fourth-order valence-corrected chi connectivity index (χ4v) is 9.33. The number of ether oxygens (including phenoxy) is 5. The van der Waals surface area contributed by atoms with Crippen LogP contribution >= 0.6 is 0 Å². The van der Waals surface area contributed by atoms with Crippen LogP contribution in [0.25, 0.3) is 0 Å². The van der Waals surface area contributed by atoms with E-state index in [-0.39, 0.29) is 29.6 Å². The largest absolute Gasteiger partial charge is 0.454 e. The predicted molar refractivity (Wildman–Crippen MR) is 118 cm³/mol. The zero-order chi connectivity index (χ0) is 25.6. The van der Waals surface area contributed by atoms with Crippen LogP contribution in [0.5, 0.6) is 0 Å². The Morgan fingerprint density at radius 1 is 1.00 bits per heavy atom. The molecule has 0 radical (unpaired) electrons. The third-order valence-electron chi connectivity index (χ3n) is 11.1. The summed E-state index contributed by atoms with van der Waals surface area (Å²) in [5, 5.41) is 9.90. The summed E-state index contributed by atoms with van der Waals surface area (Å²) in [5.74, 6) is -2.52. The molecule has 35 heavy (non-hydrogen) atoms. The molecular formula is C26H34O9. The number of esters is 2. The highest BCUT2D eigenvalue weighted by Gasteiger charge is 2.90. The number of hydrogen-bond donors (Lipinski definition) is 1. The minimum Gasteiger partial charge on any atom is -0.454 e. The lowest BCUT2D eigenvalue weighted by atomic mass is 9.37. The second-order valence-corrected chi connectivity index (χ2v) is 12.5. The standard InChI is InChI=1S/C26H34O9/c1-21(2)14-11-15(27)24(5)13(23(14,4)25(6,31-7)35-21)8-9-22(3)17(12-10-16(28)32-19(12)29)33-20(30)18-26(22,24)34-18/h10,13-14,16-18,28H,8-9,11H2,1-7H3/t13-,14+,16-,17+,18-,22+,23-,24+,25+,26-/m1/s1. The van der Waals surface area contributed by atoms with Gasteiger partial charge in [-0.2, -0.15) is 0 Å². The maximum atomic E-state index is 14.2. The molecule has 10 atom stereocenters. The minimum atomic E-state index is -1.39. The van der Waals surface area contributed by atoms with Crippen molar-refractivity contribution in [2.75, 3.05) is 7.11 Å². The number of fused-ring (bicyclic) bond motifs is 3. The van der Waals surface area contributed by atoms with Gasteiger partial charge in [0.1, 0.15) is 17.5 Å². The number of cyclic esters (lactones) is 2. The first-order valence-corrected chi connectivity index (χ1v) is 12.4. The average Bonchev–Trinajstić information content (AvgIpc) is 3.43. The minimum absolute atomic E-state index is 0.0342. The van der Waals surface area contributed by atoms with Crippen LogP contribution in [-0.2, 0) is 38.1 Å². The summed E-state index contributed by atoms with van der Waals surface area (Å²) in [6.45, 7) is 12.0. The number of carbonyl (C=O) groups excluding carboxylic acids is 3. The highest BCUT2D eigenvalue weighted by atomic mass is 16.7. The summed E-state index contributed by atoms with van der Waals surface area (Å²) in [6, 6.07) is 0. The number of Topliss-reactive ketones (excluding diaryl/α,β-unsaturated/α-hetero) is 1. The monoisotopic (exact) mass is 490 g/mol. The molecule has 4 heterocycles. The van der Waals surface area contributed by atoms with Gasteiger partial charge in [-0.05, 0) is 52.5 Å². The third-order valence-corrected chi connectivity index (χ3v) is 11.1. The number of aliphatic hydroxyl groups excluding tert-OH is 1. The Morgan fingerprint density at radius 3 is 2.29 bits per heavy atom. The first-order valence-electron chi connectivity index (χ1n) is 12.4. The molecule has 192 valence electrons. The van der Waals surface area contributed by atoms with Gasteiger partial charge in [0.25, 0.3) is 0 Å². The number of hydrogen-bond acceptors (Lipinski definition) is 9. The predicted octanol–water partition coefficient (Wildman–Crippen LogP) is 2.04. The zero-order valence-electron chi connectivity index (χ0n) is 21.3. The smallest absolute Gasteiger partial charge is 0.340 e. The van der Waals surface area contributed by atoms with E-state index in [2.05, 4.69) is 6.92 Å². The molecule has 2 saturated carbocycles. The molecule has 0 amide bonds. The number of ketones is 1. The zero-order valence-corrected chi connectivity index (χ0v) is 21.3. The maximum absolute atomic E-state index is 14.2. The summed E-state index contributed by atoms with van der Waals surface area (Å²) < 4.78 is 29.6. The maximum Gasteiger partial charge on any atom is 0.340 e. The van der Waals surface area contributed by atoms with Gasteiger partial charge in [0.15, 0.2) is 11.9 Å². The van der Waals surface area contributed by atoms with Crippen molar-refractivity contribution in [1.29, 1.82) is 0 Å². The van der Waals surface area contributed by atoms with E-state index in [1.807, 2.05) is 34.6 Å². The summed E-state index contributed by atoms with van der Waals surface area (Å²) in [6.07, 6.45) is -0.554. The van der Waals surface area contributed by atoms with Crippen LogP contribution in [0.3, 0.4) is 0 Å². The van der Waals surface area contributed by atoms with Crippen molar-refractivity contribution in [3.05, 3.63) is 11.6 Å². The van der Waals surface area contributed by atoms with E-state index < -0.39 is 63.7 Å². The fraction of sp³-hybridized carbons (Fsp3) is 0.808. The van der Waals surface area contributed by atoms with Gasteiger partial charge in [-0.1, -0.05) is 13.8 Å². The molecule has 1 N–H and O–H groups in total. The number of rotatable bonds is 2. The third kappa shape index (κ3) is 2.29. The van der Waals surface area contributed by atoms with Gasteiger partial charge in [0.05, 0.1) is 16.6 Å². The average molecular weight is 491 g/mol. The van der Waals surface area contributed by atoms with Crippen LogP contribution in [0.15, 0.2) is 11.6 Å². The van der Waals surface area contributed by atoms with Gasteiger partial charge < -0.3 is 28.8 Å². The first-order chi connectivity index (χ1) is 16.1. The van der Waals surface area contributed by atoms with Crippen molar-refractivity contribution in [3.8, 4) is 0 Å². The van der Waals surface area contributed by atoms with E-state index in [4.69, 9.17) is 23.7 Å². The van der Waals surface area contributed by atoms with Gasteiger partial charge in [-0.25, -0.2) is 9.59 Å². The van der Waals surface area contributed by atoms with Crippen molar-refractivity contribution >= 4 is 17.7 Å². The molecule has 9 nitrogen and oxygen atoms in total. The lowest BCUT2D eigenvalue weighted by Crippen LogP contribution is -2.73. The number of aliphatic hydroxyl groups is 1. The Hall–Kier alpha value is -1.81. The summed E-state index contributed by atoms with van der Waals surface area (Å²) in [4.78, 5) is 39.9. The molecule has 3 saturated heterocycles. The van der Waals surface area contributed by atoms with E-state index in [0.717, 1.165) is 0 Å². The van der Waals surface area contributed by atoms with Crippen LogP contribution in [0.1, 0.15) is 60.8 Å². The first kappa shape index (κ1) is 23.6. The second kappa shape index (κ2) is 6.36. The van der Waals surface area contributed by atoms with Crippen LogP contribution < -0.4 is 0 Å². The lowest BCUT2D eigenvalue weighted by molar-refractivity contribution is -0.284. The normalized spacial score (nSPS) is 55.7. The summed E-state index contributed by atoms with van der Waals surface area (Å²) in [5.41, 5.74) is -4.09. The van der Waals surface area contributed by atoms with Crippen molar-refractivity contribution in [2.45, 2.75) is 96.3 Å². The Labute approximate surface area is 204 Å². The molecule has 0 bridgehead atoms. The Bertz CT molecular complexity index is 1100. The molecule has 4 aliphatic heterocycles. The van der Waals surface area contributed by atoms with E-state index in [0.29, 0.717) is 12.8 Å². The molecule has 9 heteroatoms. The molecule has 0 unspecified atom stereocenters. The van der Waals surface area contributed by atoms with Crippen LogP contribution in [0.2, 0.25) is 0 Å². The van der Waals surface area contributed by atoms with Gasteiger partial charge in [0.2, 0.25) is 6.29 Å². The summed E-state index contributed by atoms with van der Waals surface area (Å²) in [7, 11) is 1.64. The Kier molecular flexibility index (Phi) is 4.28. The molecule has 0 aromatic carbocycles. The molecule has 5 fully saturated rings. The highest BCUT2D eigenvalue weighted by molar-refractivity contribution is 5.96. The SMILES string of the molecule is CO[C@@]1(C)OC(C)(C)[C@@H]2CC(=O)[C@]3(C)[C@H](CC[C@@]4(C)[C@H](C5=C[C@H](O)OC5=O)OC(=O)[C@H]5O[C@]543)[C@]21C. The molecule has 0 aromatic rings. The van der Waals surface area contributed by atoms with E-state index in [1.54, 1.807) is 7.11 Å². The lowest BCUT2D eigenvalue weighted by Gasteiger charge is -2.65.